The van der Waals surface area contributed by atoms with Crippen LogP contribution in [0.3, 0.4) is 0 Å². The van der Waals surface area contributed by atoms with Crippen LogP contribution in [0.5, 0.6) is 0 Å². The highest BCUT2D eigenvalue weighted by atomic mass is 19.1. The minimum atomic E-state index is -0.453. The number of carbonyl (C=O) groups excluding carboxylic acids is 2. The molecule has 0 bridgehead atoms. The standard InChI is InChI=1S/C27H22FNO2/c28-21-13-11-18(12-14-21)17-29-26(30)24-22(19-7-3-1-4-8-19)15-16-23(25(24)27(29)31)20-9-5-2-6-10-20/h1-16,22-25H,17H2/t22-,23+,24-,25-/m1/s1. The molecule has 154 valence electrons. The Balaban J connectivity index is 1.55. The molecule has 0 aromatic heterocycles. The van der Waals surface area contributed by atoms with Crippen LogP contribution in [-0.2, 0) is 16.1 Å². The van der Waals surface area contributed by atoms with Gasteiger partial charge in [0, 0.05) is 11.8 Å². The molecule has 4 atom stereocenters. The van der Waals surface area contributed by atoms with Crippen molar-refractivity contribution in [3.8, 4) is 0 Å². The quantitative estimate of drug-likeness (QED) is 0.444. The second-order valence-electron chi connectivity index (χ2n) is 8.20. The summed E-state index contributed by atoms with van der Waals surface area (Å²) in [5.41, 5.74) is 2.80. The number of likely N-dealkylation sites (tertiary alicyclic amines) is 1. The first-order chi connectivity index (χ1) is 15.1. The first-order valence-corrected chi connectivity index (χ1v) is 10.5. The number of amides is 2. The van der Waals surface area contributed by atoms with Crippen LogP contribution in [0.4, 0.5) is 4.39 Å². The van der Waals surface area contributed by atoms with Crippen molar-refractivity contribution in [2.24, 2.45) is 11.8 Å². The van der Waals surface area contributed by atoms with Crippen molar-refractivity contribution in [1.82, 2.24) is 4.90 Å². The van der Waals surface area contributed by atoms with E-state index in [0.717, 1.165) is 16.7 Å². The fourth-order valence-electron chi connectivity index (χ4n) is 4.92. The highest BCUT2D eigenvalue weighted by molar-refractivity contribution is 6.06. The number of hydrogen-bond donors (Lipinski definition) is 0. The molecular weight excluding hydrogens is 389 g/mol. The van der Waals surface area contributed by atoms with E-state index in [2.05, 4.69) is 12.2 Å². The van der Waals surface area contributed by atoms with Gasteiger partial charge in [-0.1, -0.05) is 84.9 Å². The summed E-state index contributed by atoms with van der Waals surface area (Å²) >= 11 is 0. The van der Waals surface area contributed by atoms with Crippen molar-refractivity contribution in [2.45, 2.75) is 18.4 Å². The number of hydrogen-bond acceptors (Lipinski definition) is 2. The molecule has 2 amide bonds. The summed E-state index contributed by atoms with van der Waals surface area (Å²) in [5, 5.41) is 0. The number of imide groups is 1. The number of nitrogens with zero attached hydrogens (tertiary/aromatic N) is 1. The van der Waals surface area contributed by atoms with Gasteiger partial charge in [0.25, 0.3) is 0 Å². The van der Waals surface area contributed by atoms with Crippen molar-refractivity contribution in [3.05, 3.63) is 120 Å². The number of carbonyl (C=O) groups is 2. The minimum absolute atomic E-state index is 0.152. The number of halogens is 1. The normalized spacial score (nSPS) is 25.0. The Labute approximate surface area is 180 Å². The van der Waals surface area contributed by atoms with E-state index in [0.29, 0.717) is 0 Å². The average molecular weight is 411 g/mol. The Morgan fingerprint density at radius 3 is 1.55 bits per heavy atom. The molecule has 1 aliphatic heterocycles. The van der Waals surface area contributed by atoms with Crippen molar-refractivity contribution < 1.29 is 14.0 Å². The summed E-state index contributed by atoms with van der Waals surface area (Å²) in [4.78, 5) is 28.5. The average Bonchev–Trinajstić information content (AvgIpc) is 3.06. The van der Waals surface area contributed by atoms with Crippen LogP contribution < -0.4 is 0 Å². The van der Waals surface area contributed by atoms with Crippen LogP contribution in [0.2, 0.25) is 0 Å². The van der Waals surface area contributed by atoms with E-state index in [9.17, 15) is 14.0 Å². The molecule has 4 heteroatoms. The van der Waals surface area contributed by atoms with Gasteiger partial charge in [0.1, 0.15) is 5.82 Å². The SMILES string of the molecule is O=C1[C@H]2[C@H](C(=O)N1Cc1ccc(F)cc1)[C@H](c1ccccc1)C=C[C@@H]2c1ccccc1. The molecule has 3 nitrogen and oxygen atoms in total. The van der Waals surface area contributed by atoms with Crippen LogP contribution in [0.1, 0.15) is 28.5 Å². The van der Waals surface area contributed by atoms with E-state index in [-0.39, 0.29) is 36.0 Å². The molecule has 1 heterocycles. The van der Waals surface area contributed by atoms with Crippen LogP contribution in [-0.4, -0.2) is 16.7 Å². The molecular formula is C27H22FNO2. The van der Waals surface area contributed by atoms with E-state index in [1.54, 1.807) is 12.1 Å². The number of benzene rings is 3. The topological polar surface area (TPSA) is 37.4 Å². The van der Waals surface area contributed by atoms with Gasteiger partial charge >= 0.3 is 0 Å². The summed E-state index contributed by atoms with van der Waals surface area (Å²) in [6, 6.07) is 25.7. The molecule has 1 aliphatic carbocycles. The number of fused-ring (bicyclic) bond motifs is 1. The van der Waals surface area contributed by atoms with Crippen molar-refractivity contribution in [2.75, 3.05) is 0 Å². The first-order valence-electron chi connectivity index (χ1n) is 10.5. The predicted molar refractivity (Wildman–Crippen MR) is 116 cm³/mol. The summed E-state index contributed by atoms with van der Waals surface area (Å²) in [5.74, 6) is -1.86. The third-order valence-corrected chi connectivity index (χ3v) is 6.41. The van der Waals surface area contributed by atoms with Crippen LogP contribution in [0, 0.1) is 17.7 Å². The number of allylic oxidation sites excluding steroid dienone is 2. The van der Waals surface area contributed by atoms with Gasteiger partial charge in [-0.2, -0.15) is 0 Å². The summed E-state index contributed by atoms with van der Waals surface area (Å²) in [6.07, 6.45) is 4.17. The van der Waals surface area contributed by atoms with Gasteiger partial charge < -0.3 is 0 Å². The molecule has 0 N–H and O–H groups in total. The lowest BCUT2D eigenvalue weighted by Gasteiger charge is -2.32. The highest BCUT2D eigenvalue weighted by Gasteiger charge is 2.54. The third-order valence-electron chi connectivity index (χ3n) is 6.41. The van der Waals surface area contributed by atoms with Gasteiger partial charge in [-0.3, -0.25) is 14.5 Å². The molecule has 3 aromatic carbocycles. The monoisotopic (exact) mass is 411 g/mol. The Morgan fingerprint density at radius 1 is 0.645 bits per heavy atom. The lowest BCUT2D eigenvalue weighted by Crippen LogP contribution is -2.31. The van der Waals surface area contributed by atoms with E-state index >= 15 is 0 Å². The molecule has 3 aromatic rings. The van der Waals surface area contributed by atoms with E-state index in [1.165, 1.54) is 17.0 Å². The van der Waals surface area contributed by atoms with Crippen LogP contribution >= 0.6 is 0 Å². The van der Waals surface area contributed by atoms with Crippen molar-refractivity contribution in [3.63, 3.8) is 0 Å². The zero-order chi connectivity index (χ0) is 21.4. The Hall–Kier alpha value is -3.53. The summed E-state index contributed by atoms with van der Waals surface area (Å²) < 4.78 is 13.3. The fourth-order valence-corrected chi connectivity index (χ4v) is 4.92. The van der Waals surface area contributed by atoms with Crippen molar-refractivity contribution in [1.29, 1.82) is 0 Å². The molecule has 0 unspecified atom stereocenters. The van der Waals surface area contributed by atoms with E-state index in [4.69, 9.17) is 0 Å². The minimum Gasteiger partial charge on any atom is -0.278 e. The van der Waals surface area contributed by atoms with Gasteiger partial charge in [0.05, 0.1) is 18.4 Å². The lowest BCUT2D eigenvalue weighted by molar-refractivity contribution is -0.140. The maximum absolute atomic E-state index is 13.6. The first kappa shape index (κ1) is 19.4. The molecule has 0 saturated carbocycles. The molecule has 1 fully saturated rings. The molecule has 2 aliphatic rings. The Kier molecular flexibility index (Phi) is 4.99. The Morgan fingerprint density at radius 2 is 1.10 bits per heavy atom. The maximum Gasteiger partial charge on any atom is 0.234 e. The molecule has 5 rings (SSSR count). The summed E-state index contributed by atoms with van der Waals surface area (Å²) in [7, 11) is 0. The zero-order valence-corrected chi connectivity index (χ0v) is 16.9. The molecule has 31 heavy (non-hydrogen) atoms. The van der Waals surface area contributed by atoms with Gasteiger partial charge in [-0.15, -0.1) is 0 Å². The zero-order valence-electron chi connectivity index (χ0n) is 16.9. The van der Waals surface area contributed by atoms with Gasteiger partial charge in [0.2, 0.25) is 11.8 Å². The second-order valence-corrected chi connectivity index (χ2v) is 8.20. The third kappa shape index (κ3) is 3.48. The maximum atomic E-state index is 13.6. The van der Waals surface area contributed by atoms with E-state index in [1.807, 2.05) is 60.7 Å². The molecule has 1 saturated heterocycles. The van der Waals surface area contributed by atoms with Gasteiger partial charge in [-0.05, 0) is 28.8 Å². The smallest absolute Gasteiger partial charge is 0.234 e. The van der Waals surface area contributed by atoms with Gasteiger partial charge in [-0.25, -0.2) is 4.39 Å². The summed E-state index contributed by atoms with van der Waals surface area (Å²) in [6.45, 7) is 0.161. The number of rotatable bonds is 4. The van der Waals surface area contributed by atoms with E-state index < -0.39 is 11.8 Å². The molecule has 0 radical (unpaired) electrons. The highest BCUT2D eigenvalue weighted by Crippen LogP contribution is 2.49. The fraction of sp³-hybridized carbons (Fsp3) is 0.185. The molecule has 0 spiro atoms. The van der Waals surface area contributed by atoms with Gasteiger partial charge in [0.15, 0.2) is 0 Å². The van der Waals surface area contributed by atoms with Crippen LogP contribution in [0.15, 0.2) is 97.1 Å². The predicted octanol–water partition coefficient (Wildman–Crippen LogP) is 5.06. The lowest BCUT2D eigenvalue weighted by atomic mass is 9.68. The van der Waals surface area contributed by atoms with Crippen LogP contribution in [0.25, 0.3) is 0 Å². The largest absolute Gasteiger partial charge is 0.278 e. The van der Waals surface area contributed by atoms with Crippen molar-refractivity contribution >= 4 is 11.8 Å². The second kappa shape index (κ2) is 7.95. The Bertz CT molecular complexity index is 1060.